The molecule has 2 aromatic rings. The number of alkyl halides is 3. The number of nitrogen functional groups attached to an aromatic ring is 1. The number of nitrogens with one attached hydrogen (secondary N) is 1. The molecule has 0 bridgehead atoms. The van der Waals surface area contributed by atoms with E-state index in [9.17, 15) is 17.6 Å². The van der Waals surface area contributed by atoms with E-state index in [0.717, 1.165) is 23.6 Å². The fourth-order valence-electron chi connectivity index (χ4n) is 1.40. The van der Waals surface area contributed by atoms with Gasteiger partial charge in [0.2, 0.25) is 5.13 Å². The summed E-state index contributed by atoms with van der Waals surface area (Å²) in [5.74, 6) is -0.553. The number of hydrogen-bond acceptors (Lipinski definition) is 5. The van der Waals surface area contributed by atoms with Crippen LogP contribution >= 0.6 is 27.3 Å². The van der Waals surface area contributed by atoms with Gasteiger partial charge >= 0.3 is 6.18 Å². The van der Waals surface area contributed by atoms with Gasteiger partial charge in [-0.05, 0) is 28.1 Å². The molecule has 1 aromatic carbocycles. The topological polar surface area (TPSA) is 63.3 Å². The summed E-state index contributed by atoms with van der Waals surface area (Å²) in [6.45, 7) is 0. The molecule has 112 valence electrons. The fourth-order valence-corrected chi connectivity index (χ4v) is 2.59. The molecule has 10 heteroatoms. The van der Waals surface area contributed by atoms with Crippen LogP contribution < -0.4 is 11.2 Å². The third-order valence-electron chi connectivity index (χ3n) is 2.31. The number of rotatable bonds is 3. The highest BCUT2D eigenvalue weighted by Gasteiger charge is 2.34. The first-order valence-corrected chi connectivity index (χ1v) is 7.01. The first-order valence-electron chi connectivity index (χ1n) is 5.34. The average Bonchev–Trinajstić information content (AvgIpc) is 2.77. The lowest BCUT2D eigenvalue weighted by Gasteiger charge is -2.11. The van der Waals surface area contributed by atoms with Crippen molar-refractivity contribution in [3.8, 4) is 0 Å². The van der Waals surface area contributed by atoms with Crippen molar-refractivity contribution in [3.05, 3.63) is 38.9 Å². The van der Waals surface area contributed by atoms with Gasteiger partial charge in [-0.3, -0.25) is 5.43 Å². The molecule has 4 nitrogen and oxygen atoms in total. The van der Waals surface area contributed by atoms with Gasteiger partial charge in [-0.2, -0.15) is 18.3 Å². The molecular formula is C11H7BrF4N4S. The Balaban J connectivity index is 2.27. The van der Waals surface area contributed by atoms with E-state index in [2.05, 4.69) is 31.4 Å². The Morgan fingerprint density at radius 2 is 2.10 bits per heavy atom. The summed E-state index contributed by atoms with van der Waals surface area (Å²) in [6.07, 6.45) is -3.65. The third kappa shape index (κ3) is 3.70. The van der Waals surface area contributed by atoms with E-state index in [1.165, 1.54) is 0 Å². The van der Waals surface area contributed by atoms with E-state index >= 15 is 0 Å². The van der Waals surface area contributed by atoms with Crippen LogP contribution in [0.3, 0.4) is 0 Å². The summed E-state index contributed by atoms with van der Waals surface area (Å²) in [6, 6.07) is 1.39. The first kappa shape index (κ1) is 15.7. The van der Waals surface area contributed by atoms with Crippen molar-refractivity contribution in [2.75, 3.05) is 11.2 Å². The molecule has 0 saturated heterocycles. The molecular weight excluding hydrogens is 376 g/mol. The third-order valence-corrected chi connectivity index (χ3v) is 3.93. The number of halogens is 5. The van der Waals surface area contributed by atoms with Gasteiger partial charge in [-0.15, -0.1) is 11.3 Å². The average molecular weight is 383 g/mol. The van der Waals surface area contributed by atoms with Crippen LogP contribution in [0, 0.1) is 5.82 Å². The Morgan fingerprint density at radius 3 is 2.67 bits per heavy atom. The summed E-state index contributed by atoms with van der Waals surface area (Å²) in [7, 11) is 0. The van der Waals surface area contributed by atoms with Crippen molar-refractivity contribution in [1.29, 1.82) is 0 Å². The highest BCUT2D eigenvalue weighted by atomic mass is 79.9. The number of nitrogens with zero attached hydrogens (tertiary/aromatic N) is 2. The number of hydrogen-bond donors (Lipinski definition) is 2. The Kier molecular flexibility index (Phi) is 4.47. The van der Waals surface area contributed by atoms with Crippen LogP contribution in [-0.4, -0.2) is 11.2 Å². The van der Waals surface area contributed by atoms with Gasteiger partial charge in [0.05, 0.1) is 11.8 Å². The highest BCUT2D eigenvalue weighted by Crippen LogP contribution is 2.36. The molecule has 0 aliphatic carbocycles. The van der Waals surface area contributed by atoms with Gasteiger partial charge in [-0.25, -0.2) is 9.37 Å². The molecule has 1 aromatic heterocycles. The van der Waals surface area contributed by atoms with Crippen molar-refractivity contribution >= 4 is 44.4 Å². The van der Waals surface area contributed by atoms with E-state index in [0.29, 0.717) is 11.2 Å². The van der Waals surface area contributed by atoms with Gasteiger partial charge in [-0.1, -0.05) is 0 Å². The van der Waals surface area contributed by atoms with Crippen LogP contribution in [0.1, 0.15) is 11.1 Å². The molecule has 2 rings (SSSR count). The molecule has 1 heterocycles. The summed E-state index contributed by atoms with van der Waals surface area (Å²) in [4.78, 5) is 3.83. The van der Waals surface area contributed by atoms with Crippen molar-refractivity contribution < 1.29 is 17.6 Å². The van der Waals surface area contributed by atoms with E-state index in [-0.39, 0.29) is 11.4 Å². The monoisotopic (exact) mass is 382 g/mol. The molecule has 0 atom stereocenters. The number of hydrazone groups is 1. The Hall–Kier alpha value is -1.68. The molecule has 0 saturated carbocycles. The quantitative estimate of drug-likeness (QED) is 0.477. The standard InChI is InChI=1S/C11H7BrF4N4S/c12-9-5(3-18-20-10-19-8(17)4-21-10)7(13)2-1-6(9)11(14,15)16/h1-4H,17H2,(H,19,20). The molecule has 21 heavy (non-hydrogen) atoms. The predicted octanol–water partition coefficient (Wildman–Crippen LogP) is 4.09. The Labute approximate surface area is 128 Å². The molecule has 3 N–H and O–H groups in total. The van der Waals surface area contributed by atoms with Crippen molar-refractivity contribution in [1.82, 2.24) is 4.98 Å². The maximum absolute atomic E-state index is 13.6. The van der Waals surface area contributed by atoms with Gasteiger partial charge in [0, 0.05) is 15.4 Å². The number of benzene rings is 1. The number of anilines is 2. The highest BCUT2D eigenvalue weighted by molar-refractivity contribution is 9.10. The lowest BCUT2D eigenvalue weighted by molar-refractivity contribution is -0.138. The van der Waals surface area contributed by atoms with Crippen LogP contribution in [-0.2, 0) is 6.18 Å². The Morgan fingerprint density at radius 1 is 1.38 bits per heavy atom. The summed E-state index contributed by atoms with van der Waals surface area (Å²) < 4.78 is 51.3. The van der Waals surface area contributed by atoms with Crippen LogP contribution in [0.15, 0.2) is 27.1 Å². The summed E-state index contributed by atoms with van der Waals surface area (Å²) in [5, 5.41) is 5.54. The SMILES string of the molecule is Nc1csc(NN=Cc2c(F)ccc(C(F)(F)F)c2Br)n1. The molecule has 0 fully saturated rings. The zero-order valence-electron chi connectivity index (χ0n) is 10.1. The second-order valence-electron chi connectivity index (χ2n) is 3.77. The first-order chi connectivity index (χ1) is 9.79. The number of nitrogens with two attached hydrogens (primary N) is 1. The largest absolute Gasteiger partial charge is 0.417 e. The molecule has 0 spiro atoms. The minimum atomic E-state index is -4.59. The zero-order chi connectivity index (χ0) is 15.6. The molecule has 0 radical (unpaired) electrons. The van der Waals surface area contributed by atoms with Crippen molar-refractivity contribution in [2.24, 2.45) is 5.10 Å². The predicted molar refractivity (Wildman–Crippen MR) is 76.8 cm³/mol. The van der Waals surface area contributed by atoms with Crippen molar-refractivity contribution in [3.63, 3.8) is 0 Å². The normalized spacial score (nSPS) is 12.0. The van der Waals surface area contributed by atoms with Crippen LogP contribution in [0.2, 0.25) is 0 Å². The lowest BCUT2D eigenvalue weighted by atomic mass is 10.1. The molecule has 0 unspecified atom stereocenters. The second kappa shape index (κ2) is 5.98. The van der Waals surface area contributed by atoms with E-state index in [1.807, 2.05) is 0 Å². The van der Waals surface area contributed by atoms with Gasteiger partial charge < -0.3 is 5.73 Å². The second-order valence-corrected chi connectivity index (χ2v) is 5.42. The smallest absolute Gasteiger partial charge is 0.383 e. The molecule has 0 amide bonds. The van der Waals surface area contributed by atoms with Gasteiger partial charge in [0.1, 0.15) is 11.6 Å². The van der Waals surface area contributed by atoms with Crippen LogP contribution in [0.5, 0.6) is 0 Å². The van der Waals surface area contributed by atoms with Crippen LogP contribution in [0.25, 0.3) is 0 Å². The molecule has 0 aliphatic heterocycles. The lowest BCUT2D eigenvalue weighted by Crippen LogP contribution is -2.08. The minimum absolute atomic E-state index is 0.282. The maximum Gasteiger partial charge on any atom is 0.417 e. The van der Waals surface area contributed by atoms with Crippen LogP contribution in [0.4, 0.5) is 28.5 Å². The fraction of sp³-hybridized carbons (Fsp3) is 0.0909. The number of aromatic nitrogens is 1. The zero-order valence-corrected chi connectivity index (χ0v) is 12.5. The van der Waals surface area contributed by atoms with Gasteiger partial charge in [0.15, 0.2) is 0 Å². The summed E-state index contributed by atoms with van der Waals surface area (Å²) in [5.41, 5.74) is 6.55. The minimum Gasteiger partial charge on any atom is -0.383 e. The van der Waals surface area contributed by atoms with E-state index < -0.39 is 22.0 Å². The molecule has 0 aliphatic rings. The maximum atomic E-state index is 13.6. The summed E-state index contributed by atoms with van der Waals surface area (Å²) >= 11 is 3.90. The van der Waals surface area contributed by atoms with E-state index in [1.54, 1.807) is 5.38 Å². The van der Waals surface area contributed by atoms with E-state index in [4.69, 9.17) is 5.73 Å². The van der Waals surface area contributed by atoms with Gasteiger partial charge in [0.25, 0.3) is 0 Å². The van der Waals surface area contributed by atoms with Crippen molar-refractivity contribution in [2.45, 2.75) is 6.18 Å². The Bertz CT molecular complexity index is 683. The number of thiazole rings is 1.